The molecular formula is C20H32O3. The van der Waals surface area contributed by atoms with Crippen molar-refractivity contribution < 1.29 is 15.0 Å². The molecule has 1 aliphatic rings. The van der Waals surface area contributed by atoms with Gasteiger partial charge in [0.2, 0.25) is 0 Å². The zero-order chi connectivity index (χ0) is 17.6. The van der Waals surface area contributed by atoms with E-state index in [1.807, 2.05) is 20.8 Å². The molecule has 130 valence electrons. The number of carbonyl (C=O) groups excluding carboxylic acids is 1. The van der Waals surface area contributed by atoms with Gasteiger partial charge in [-0.15, -0.1) is 0 Å². The minimum atomic E-state index is -0.969. The lowest BCUT2D eigenvalue weighted by molar-refractivity contribution is -0.121. The van der Waals surface area contributed by atoms with Gasteiger partial charge in [0.1, 0.15) is 0 Å². The van der Waals surface area contributed by atoms with Crippen LogP contribution in [0.15, 0.2) is 34.9 Å². The monoisotopic (exact) mass is 320 g/mol. The average molecular weight is 320 g/mol. The Morgan fingerprint density at radius 1 is 1.43 bits per heavy atom. The van der Waals surface area contributed by atoms with Crippen molar-refractivity contribution in [3.63, 3.8) is 0 Å². The van der Waals surface area contributed by atoms with Crippen LogP contribution in [-0.4, -0.2) is 27.7 Å². The Morgan fingerprint density at radius 3 is 2.61 bits per heavy atom. The lowest BCUT2D eigenvalue weighted by atomic mass is 9.76. The van der Waals surface area contributed by atoms with E-state index in [1.54, 1.807) is 19.1 Å². The molecule has 3 nitrogen and oxygen atoms in total. The first-order valence-electron chi connectivity index (χ1n) is 8.51. The topological polar surface area (TPSA) is 57.5 Å². The number of aliphatic hydroxyl groups excluding tert-OH is 1. The van der Waals surface area contributed by atoms with Crippen LogP contribution in [0.4, 0.5) is 0 Å². The molecule has 0 aliphatic heterocycles. The fraction of sp³-hybridized carbons (Fsp3) is 0.650. The summed E-state index contributed by atoms with van der Waals surface area (Å²) in [5.74, 6) is 0.0725. The SMILES string of the molecule is CC(C)=CC(O)C/C(C)=C/C(=O)CC(C)(O)C1CC=C(C)CC1. The summed E-state index contributed by atoms with van der Waals surface area (Å²) < 4.78 is 0. The summed E-state index contributed by atoms with van der Waals surface area (Å²) in [4.78, 5) is 12.2. The van der Waals surface area contributed by atoms with Crippen LogP contribution in [0.25, 0.3) is 0 Å². The molecule has 2 N–H and O–H groups in total. The second kappa shape index (κ2) is 8.60. The fourth-order valence-corrected chi connectivity index (χ4v) is 3.19. The van der Waals surface area contributed by atoms with Crippen LogP contribution in [0.3, 0.4) is 0 Å². The standard InChI is InChI=1S/C20H32O3/c1-14(2)10-18(21)11-16(4)12-19(22)13-20(5,23)17-8-6-15(3)7-9-17/h6,10,12,17-18,21,23H,7-9,11,13H2,1-5H3/b16-12+. The molecule has 0 spiro atoms. The van der Waals surface area contributed by atoms with Crippen LogP contribution < -0.4 is 0 Å². The third-order valence-corrected chi connectivity index (χ3v) is 4.51. The van der Waals surface area contributed by atoms with Gasteiger partial charge in [0.25, 0.3) is 0 Å². The number of allylic oxidation sites excluding steroid dienone is 4. The number of hydrogen-bond donors (Lipinski definition) is 2. The van der Waals surface area contributed by atoms with Gasteiger partial charge in [0, 0.05) is 6.42 Å². The molecule has 0 bridgehead atoms. The molecule has 0 fully saturated rings. The summed E-state index contributed by atoms with van der Waals surface area (Å²) in [6.45, 7) is 9.60. The van der Waals surface area contributed by atoms with Gasteiger partial charge in [0.05, 0.1) is 11.7 Å². The van der Waals surface area contributed by atoms with Gasteiger partial charge in [-0.2, -0.15) is 0 Å². The van der Waals surface area contributed by atoms with Gasteiger partial charge in [-0.05, 0) is 72.3 Å². The molecule has 1 rings (SSSR count). The Hall–Kier alpha value is -1.19. The van der Waals surface area contributed by atoms with E-state index in [-0.39, 0.29) is 18.1 Å². The van der Waals surface area contributed by atoms with Crippen molar-refractivity contribution in [2.24, 2.45) is 5.92 Å². The van der Waals surface area contributed by atoms with Crippen molar-refractivity contribution in [3.8, 4) is 0 Å². The van der Waals surface area contributed by atoms with Crippen LogP contribution in [0.1, 0.15) is 66.7 Å². The van der Waals surface area contributed by atoms with E-state index in [0.29, 0.717) is 6.42 Å². The van der Waals surface area contributed by atoms with Crippen molar-refractivity contribution in [1.29, 1.82) is 0 Å². The Labute approximate surface area is 140 Å². The summed E-state index contributed by atoms with van der Waals surface area (Å²) in [7, 11) is 0. The van der Waals surface area contributed by atoms with Gasteiger partial charge in [0.15, 0.2) is 5.78 Å². The summed E-state index contributed by atoms with van der Waals surface area (Å²) >= 11 is 0. The maximum Gasteiger partial charge on any atom is 0.158 e. The highest BCUT2D eigenvalue weighted by Crippen LogP contribution is 2.34. The molecule has 1 aliphatic carbocycles. The van der Waals surface area contributed by atoms with Crippen molar-refractivity contribution in [2.45, 2.75) is 78.4 Å². The highest BCUT2D eigenvalue weighted by Gasteiger charge is 2.33. The molecule has 3 unspecified atom stereocenters. The first-order chi connectivity index (χ1) is 10.6. The number of aliphatic hydroxyl groups is 2. The van der Waals surface area contributed by atoms with E-state index < -0.39 is 11.7 Å². The van der Waals surface area contributed by atoms with E-state index in [2.05, 4.69) is 13.0 Å². The summed E-state index contributed by atoms with van der Waals surface area (Å²) in [5.41, 5.74) is 2.30. The van der Waals surface area contributed by atoms with Crippen molar-refractivity contribution in [2.75, 3.05) is 0 Å². The molecule has 23 heavy (non-hydrogen) atoms. The number of rotatable bonds is 7. The smallest absolute Gasteiger partial charge is 0.158 e. The second-order valence-corrected chi connectivity index (χ2v) is 7.53. The predicted molar refractivity (Wildman–Crippen MR) is 95.2 cm³/mol. The number of carbonyl (C=O) groups is 1. The maximum absolute atomic E-state index is 12.2. The molecule has 0 aromatic rings. The molecule has 0 amide bonds. The summed E-state index contributed by atoms with van der Waals surface area (Å²) in [6.07, 6.45) is 8.33. The highest BCUT2D eigenvalue weighted by molar-refractivity contribution is 5.91. The minimum Gasteiger partial charge on any atom is -0.389 e. The molecule has 0 saturated heterocycles. The van der Waals surface area contributed by atoms with Gasteiger partial charge in [-0.3, -0.25) is 4.79 Å². The van der Waals surface area contributed by atoms with E-state index >= 15 is 0 Å². The largest absolute Gasteiger partial charge is 0.389 e. The van der Waals surface area contributed by atoms with Gasteiger partial charge < -0.3 is 10.2 Å². The minimum absolute atomic E-state index is 0.0665. The van der Waals surface area contributed by atoms with Crippen LogP contribution in [0, 0.1) is 5.92 Å². The van der Waals surface area contributed by atoms with E-state index in [0.717, 1.165) is 30.4 Å². The zero-order valence-electron chi connectivity index (χ0n) is 15.2. The Bertz CT molecular complexity index is 505. The van der Waals surface area contributed by atoms with E-state index in [9.17, 15) is 15.0 Å². The average Bonchev–Trinajstić information content (AvgIpc) is 2.36. The number of hydrogen-bond acceptors (Lipinski definition) is 3. The Morgan fingerprint density at radius 2 is 2.09 bits per heavy atom. The summed E-state index contributed by atoms with van der Waals surface area (Å²) in [6, 6.07) is 0. The predicted octanol–water partition coefficient (Wildman–Crippen LogP) is 4.11. The van der Waals surface area contributed by atoms with E-state index in [4.69, 9.17) is 0 Å². The normalized spacial score (nSPS) is 22.8. The van der Waals surface area contributed by atoms with Crippen LogP contribution in [0.5, 0.6) is 0 Å². The van der Waals surface area contributed by atoms with Crippen molar-refractivity contribution >= 4 is 5.78 Å². The molecule has 3 atom stereocenters. The third-order valence-electron chi connectivity index (χ3n) is 4.51. The molecule has 0 heterocycles. The van der Waals surface area contributed by atoms with Crippen molar-refractivity contribution in [3.05, 3.63) is 34.9 Å². The zero-order valence-corrected chi connectivity index (χ0v) is 15.2. The molecule has 3 heteroatoms. The first kappa shape index (κ1) is 19.9. The van der Waals surface area contributed by atoms with Gasteiger partial charge >= 0.3 is 0 Å². The fourth-order valence-electron chi connectivity index (χ4n) is 3.19. The lowest BCUT2D eigenvalue weighted by Gasteiger charge is -2.34. The number of ketones is 1. The Balaban J connectivity index is 2.60. The summed E-state index contributed by atoms with van der Waals surface area (Å²) in [5, 5.41) is 20.6. The van der Waals surface area contributed by atoms with E-state index in [1.165, 1.54) is 5.57 Å². The van der Waals surface area contributed by atoms with Crippen LogP contribution in [0.2, 0.25) is 0 Å². The highest BCUT2D eigenvalue weighted by atomic mass is 16.3. The quantitative estimate of drug-likeness (QED) is 0.548. The van der Waals surface area contributed by atoms with Crippen molar-refractivity contribution in [1.82, 2.24) is 0 Å². The molecule has 0 aromatic heterocycles. The molecule has 0 radical (unpaired) electrons. The molecular weight excluding hydrogens is 288 g/mol. The maximum atomic E-state index is 12.2. The lowest BCUT2D eigenvalue weighted by Crippen LogP contribution is -2.37. The molecule has 0 saturated carbocycles. The second-order valence-electron chi connectivity index (χ2n) is 7.53. The van der Waals surface area contributed by atoms with Crippen LogP contribution in [-0.2, 0) is 4.79 Å². The van der Waals surface area contributed by atoms with Gasteiger partial charge in [-0.1, -0.05) is 28.9 Å². The molecule has 0 aromatic carbocycles. The van der Waals surface area contributed by atoms with Gasteiger partial charge in [-0.25, -0.2) is 0 Å². The first-order valence-corrected chi connectivity index (χ1v) is 8.51. The van der Waals surface area contributed by atoms with Crippen LogP contribution >= 0.6 is 0 Å². The Kier molecular flexibility index (Phi) is 7.43. The third kappa shape index (κ3) is 7.28.